The minimum Gasteiger partial charge on any atom is -0.462 e. The van der Waals surface area contributed by atoms with Gasteiger partial charge in [0.2, 0.25) is 15.9 Å². The molecular formula is C21H28N4O6S2. The lowest BCUT2D eigenvalue weighted by molar-refractivity contribution is -0.120. The Morgan fingerprint density at radius 2 is 2.00 bits per heavy atom. The van der Waals surface area contributed by atoms with Gasteiger partial charge in [0.05, 0.1) is 34.9 Å². The summed E-state index contributed by atoms with van der Waals surface area (Å²) in [7, 11) is -2.13. The molecule has 33 heavy (non-hydrogen) atoms. The molecule has 1 atom stereocenters. The normalized spacial score (nSPS) is 17.1. The number of hydrogen-bond acceptors (Lipinski definition) is 8. The number of rotatable bonds is 7. The van der Waals surface area contributed by atoms with Crippen LogP contribution in [-0.2, 0) is 26.6 Å². The number of Topliss-reactive ketones (excluding diaryl/α,β-unsaturated/α-hetero) is 1. The number of esters is 1. The maximum atomic E-state index is 13.1. The van der Waals surface area contributed by atoms with E-state index >= 15 is 0 Å². The number of nitrogens with zero attached hydrogens (tertiary/aromatic N) is 3. The van der Waals surface area contributed by atoms with E-state index in [-0.39, 0.29) is 34.4 Å². The van der Waals surface area contributed by atoms with Crippen LogP contribution in [-0.4, -0.2) is 59.9 Å². The molecule has 0 radical (unpaired) electrons. The van der Waals surface area contributed by atoms with E-state index in [1.54, 1.807) is 27.8 Å². The molecule has 0 spiro atoms. The number of piperidine rings is 1. The van der Waals surface area contributed by atoms with Gasteiger partial charge in [-0.15, -0.1) is 11.3 Å². The minimum atomic E-state index is -3.80. The summed E-state index contributed by atoms with van der Waals surface area (Å²) in [6.07, 6.45) is 2.34. The third kappa shape index (κ3) is 4.87. The summed E-state index contributed by atoms with van der Waals surface area (Å²) in [6, 6.07) is 0. The van der Waals surface area contributed by atoms with Crippen LogP contribution in [0, 0.1) is 19.8 Å². The summed E-state index contributed by atoms with van der Waals surface area (Å²) in [5, 5.41) is 7.01. The first kappa shape index (κ1) is 25.1. The first-order valence-electron chi connectivity index (χ1n) is 10.6. The van der Waals surface area contributed by atoms with Gasteiger partial charge in [-0.25, -0.2) is 13.2 Å². The first-order valence-corrected chi connectivity index (χ1v) is 12.9. The Labute approximate surface area is 197 Å². The molecule has 12 heteroatoms. The van der Waals surface area contributed by atoms with E-state index in [1.807, 2.05) is 0 Å². The zero-order chi connectivity index (χ0) is 24.5. The third-order valence-electron chi connectivity index (χ3n) is 5.75. The molecule has 0 saturated carbocycles. The Bertz CT molecular complexity index is 1200. The molecule has 1 amide bonds. The third-order valence-corrected chi connectivity index (χ3v) is 9.02. The summed E-state index contributed by atoms with van der Waals surface area (Å²) < 4.78 is 34.2. The molecule has 1 N–H and O–H groups in total. The molecule has 3 rings (SSSR count). The molecule has 0 aromatic carbocycles. The Hall–Kier alpha value is -2.57. The molecule has 1 aliphatic heterocycles. The molecule has 1 saturated heterocycles. The van der Waals surface area contributed by atoms with E-state index in [4.69, 9.17) is 4.74 Å². The number of amides is 1. The van der Waals surface area contributed by atoms with E-state index in [9.17, 15) is 22.8 Å². The molecule has 180 valence electrons. The number of aryl methyl sites for hydroxylation is 1. The zero-order valence-electron chi connectivity index (χ0n) is 19.3. The Morgan fingerprint density at radius 3 is 2.58 bits per heavy atom. The highest BCUT2D eigenvalue weighted by Gasteiger charge is 2.36. The lowest BCUT2D eigenvalue weighted by atomic mass is 9.99. The second-order valence-corrected chi connectivity index (χ2v) is 10.9. The molecule has 1 aliphatic rings. The number of anilines is 1. The number of nitrogens with one attached hydrogen (secondary N) is 1. The smallest absolute Gasteiger partial charge is 0.341 e. The molecule has 0 bridgehead atoms. The van der Waals surface area contributed by atoms with Gasteiger partial charge in [0, 0.05) is 20.1 Å². The van der Waals surface area contributed by atoms with E-state index in [0.29, 0.717) is 35.5 Å². The largest absolute Gasteiger partial charge is 0.462 e. The van der Waals surface area contributed by atoms with Gasteiger partial charge in [0.1, 0.15) is 9.90 Å². The summed E-state index contributed by atoms with van der Waals surface area (Å²) in [5.74, 6) is -1.84. The van der Waals surface area contributed by atoms with Crippen LogP contribution in [0.5, 0.6) is 0 Å². The summed E-state index contributed by atoms with van der Waals surface area (Å²) >= 11 is 1.02. The number of aromatic nitrogens is 2. The number of sulfonamides is 1. The molecule has 0 aliphatic carbocycles. The van der Waals surface area contributed by atoms with Crippen molar-refractivity contribution in [3.05, 3.63) is 27.9 Å². The van der Waals surface area contributed by atoms with Crippen molar-refractivity contribution in [2.24, 2.45) is 13.0 Å². The fourth-order valence-electron chi connectivity index (χ4n) is 3.85. The van der Waals surface area contributed by atoms with E-state index < -0.39 is 27.8 Å². The molecule has 1 fully saturated rings. The topological polar surface area (TPSA) is 128 Å². The Morgan fingerprint density at radius 1 is 1.30 bits per heavy atom. The predicted molar refractivity (Wildman–Crippen MR) is 123 cm³/mol. The van der Waals surface area contributed by atoms with Crippen molar-refractivity contribution < 1.29 is 27.5 Å². The SMILES string of the molecule is CCOC(=O)c1c(NC(=O)[C@@H]2CCCN(S(=O)(=O)c3cnn(C)c3C)C2)sc(C(C)=O)c1C. The van der Waals surface area contributed by atoms with Crippen LogP contribution in [0.15, 0.2) is 11.1 Å². The van der Waals surface area contributed by atoms with E-state index in [2.05, 4.69) is 10.4 Å². The number of hydrogen-bond donors (Lipinski definition) is 1. The Kier molecular flexibility index (Phi) is 7.39. The number of thiophene rings is 1. The van der Waals surface area contributed by atoms with Crippen LogP contribution in [0.2, 0.25) is 0 Å². The van der Waals surface area contributed by atoms with Gasteiger partial charge < -0.3 is 10.1 Å². The summed E-state index contributed by atoms with van der Waals surface area (Å²) in [6.45, 7) is 6.85. The number of ether oxygens (including phenoxy) is 1. The van der Waals surface area contributed by atoms with Crippen molar-refractivity contribution in [2.45, 2.75) is 45.4 Å². The van der Waals surface area contributed by atoms with Crippen molar-refractivity contribution in [2.75, 3.05) is 25.0 Å². The highest BCUT2D eigenvalue weighted by Crippen LogP contribution is 2.35. The lowest BCUT2D eigenvalue weighted by Crippen LogP contribution is -2.43. The summed E-state index contributed by atoms with van der Waals surface area (Å²) in [5.41, 5.74) is 1.14. The fourth-order valence-corrected chi connectivity index (χ4v) is 6.65. The van der Waals surface area contributed by atoms with Crippen LogP contribution in [0.3, 0.4) is 0 Å². The number of carbonyl (C=O) groups is 3. The zero-order valence-corrected chi connectivity index (χ0v) is 20.9. The first-order chi connectivity index (χ1) is 15.5. The average molecular weight is 497 g/mol. The van der Waals surface area contributed by atoms with E-state index in [1.165, 1.54) is 22.1 Å². The van der Waals surface area contributed by atoms with Gasteiger partial charge in [0.25, 0.3) is 0 Å². The predicted octanol–water partition coefficient (Wildman–Crippen LogP) is 2.52. The fraction of sp³-hybridized carbons (Fsp3) is 0.524. The van der Waals surface area contributed by atoms with E-state index in [0.717, 1.165) is 11.3 Å². The molecule has 2 aromatic heterocycles. The van der Waals surface area contributed by atoms with Crippen molar-refractivity contribution in [1.29, 1.82) is 0 Å². The van der Waals surface area contributed by atoms with Gasteiger partial charge in [-0.2, -0.15) is 9.40 Å². The van der Waals surface area contributed by atoms with Crippen LogP contribution in [0.1, 0.15) is 58.0 Å². The van der Waals surface area contributed by atoms with Gasteiger partial charge in [-0.3, -0.25) is 14.3 Å². The standard InChI is InChI=1S/C21H28N4O6S2/c1-6-31-21(28)17-12(2)18(14(4)26)32-20(17)23-19(27)15-8-7-9-25(11-15)33(29,30)16-10-22-24(5)13(16)3/h10,15H,6-9,11H2,1-5H3,(H,23,27)/t15-/m1/s1. The van der Waals surface area contributed by atoms with Crippen molar-refractivity contribution in [3.8, 4) is 0 Å². The maximum Gasteiger partial charge on any atom is 0.341 e. The second kappa shape index (κ2) is 9.74. The highest BCUT2D eigenvalue weighted by atomic mass is 32.2. The molecule has 2 aromatic rings. The van der Waals surface area contributed by atoms with Crippen LogP contribution in [0.4, 0.5) is 5.00 Å². The quantitative estimate of drug-likeness (QED) is 0.461. The lowest BCUT2D eigenvalue weighted by Gasteiger charge is -2.31. The van der Waals surface area contributed by atoms with Crippen molar-refractivity contribution in [1.82, 2.24) is 14.1 Å². The second-order valence-electron chi connectivity index (χ2n) is 7.95. The van der Waals surface area contributed by atoms with Gasteiger partial charge in [-0.1, -0.05) is 0 Å². The van der Waals surface area contributed by atoms with Crippen LogP contribution >= 0.6 is 11.3 Å². The molecule has 3 heterocycles. The molecule has 10 nitrogen and oxygen atoms in total. The van der Waals surface area contributed by atoms with Crippen molar-refractivity contribution >= 4 is 44.0 Å². The number of ketones is 1. The van der Waals surface area contributed by atoms with Gasteiger partial charge in [0.15, 0.2) is 5.78 Å². The number of carbonyl (C=O) groups excluding carboxylic acids is 3. The maximum absolute atomic E-state index is 13.1. The van der Waals surface area contributed by atoms with Crippen LogP contribution < -0.4 is 5.32 Å². The summed E-state index contributed by atoms with van der Waals surface area (Å²) in [4.78, 5) is 38.0. The van der Waals surface area contributed by atoms with Crippen LogP contribution in [0.25, 0.3) is 0 Å². The van der Waals surface area contributed by atoms with Gasteiger partial charge >= 0.3 is 5.97 Å². The minimum absolute atomic E-state index is 0.0150. The average Bonchev–Trinajstić information content (AvgIpc) is 3.27. The monoisotopic (exact) mass is 496 g/mol. The highest BCUT2D eigenvalue weighted by molar-refractivity contribution is 7.89. The Balaban J connectivity index is 1.84. The molecular weight excluding hydrogens is 468 g/mol. The van der Waals surface area contributed by atoms with Crippen molar-refractivity contribution in [3.63, 3.8) is 0 Å². The van der Waals surface area contributed by atoms with Gasteiger partial charge in [-0.05, 0) is 46.1 Å². The molecule has 0 unspecified atom stereocenters.